The van der Waals surface area contributed by atoms with E-state index in [9.17, 15) is 4.39 Å². The van der Waals surface area contributed by atoms with Crippen LogP contribution < -0.4 is 5.32 Å². The first-order valence-corrected chi connectivity index (χ1v) is 7.09. The zero-order chi connectivity index (χ0) is 14.0. The van der Waals surface area contributed by atoms with Crippen LogP contribution in [0.15, 0.2) is 40.9 Å². The van der Waals surface area contributed by atoms with E-state index in [2.05, 4.69) is 21.2 Å². The molecule has 0 saturated heterocycles. The highest BCUT2D eigenvalue weighted by molar-refractivity contribution is 9.10. The Labute approximate surface area is 125 Å². The maximum atomic E-state index is 14.2. The number of rotatable bonds is 3. The summed E-state index contributed by atoms with van der Waals surface area (Å²) in [6.07, 6.45) is 0. The topological polar surface area (TPSA) is 12.0 Å². The van der Waals surface area contributed by atoms with Crippen molar-refractivity contribution in [3.8, 4) is 0 Å². The lowest BCUT2D eigenvalue weighted by Gasteiger charge is -2.20. The van der Waals surface area contributed by atoms with Crippen LogP contribution in [0.4, 0.5) is 4.39 Å². The van der Waals surface area contributed by atoms with E-state index in [-0.39, 0.29) is 11.9 Å². The highest BCUT2D eigenvalue weighted by Gasteiger charge is 2.20. The van der Waals surface area contributed by atoms with Gasteiger partial charge in [0.2, 0.25) is 0 Å². The van der Waals surface area contributed by atoms with E-state index in [1.54, 1.807) is 19.2 Å². The van der Waals surface area contributed by atoms with E-state index in [4.69, 9.17) is 11.6 Å². The monoisotopic (exact) mass is 341 g/mol. The molecular weight excluding hydrogens is 329 g/mol. The normalized spacial score (nSPS) is 12.5. The van der Waals surface area contributed by atoms with E-state index in [1.807, 2.05) is 31.2 Å². The van der Waals surface area contributed by atoms with Crippen molar-refractivity contribution in [2.45, 2.75) is 13.0 Å². The molecule has 0 aliphatic rings. The van der Waals surface area contributed by atoms with Crippen molar-refractivity contribution in [2.24, 2.45) is 0 Å². The Morgan fingerprint density at radius 3 is 2.47 bits per heavy atom. The van der Waals surface area contributed by atoms with Gasteiger partial charge in [0.15, 0.2) is 0 Å². The van der Waals surface area contributed by atoms with Crippen LogP contribution in [0.5, 0.6) is 0 Å². The van der Waals surface area contributed by atoms with Gasteiger partial charge in [-0.05, 0) is 47.1 Å². The molecule has 0 radical (unpaired) electrons. The van der Waals surface area contributed by atoms with E-state index >= 15 is 0 Å². The molecule has 0 aliphatic carbocycles. The first-order valence-electron chi connectivity index (χ1n) is 5.92. The van der Waals surface area contributed by atoms with E-state index in [0.717, 1.165) is 11.1 Å². The van der Waals surface area contributed by atoms with Crippen LogP contribution in [0.2, 0.25) is 5.02 Å². The van der Waals surface area contributed by atoms with Gasteiger partial charge in [0.25, 0.3) is 0 Å². The molecule has 0 saturated carbocycles. The van der Waals surface area contributed by atoms with Crippen LogP contribution in [0.3, 0.4) is 0 Å². The van der Waals surface area contributed by atoms with Crippen LogP contribution in [0, 0.1) is 12.7 Å². The highest BCUT2D eigenvalue weighted by Crippen LogP contribution is 2.33. The number of benzene rings is 2. The summed E-state index contributed by atoms with van der Waals surface area (Å²) in [6.45, 7) is 1.94. The van der Waals surface area contributed by atoms with Crippen molar-refractivity contribution >= 4 is 27.5 Å². The Kier molecular flexibility index (Phi) is 4.61. The molecule has 0 spiro atoms. The minimum absolute atomic E-state index is 0.264. The molecule has 1 nitrogen and oxygen atoms in total. The molecule has 1 N–H and O–H groups in total. The number of hydrogen-bond donors (Lipinski definition) is 1. The fourth-order valence-corrected chi connectivity index (χ4v) is 2.73. The second-order valence-electron chi connectivity index (χ2n) is 4.34. The molecule has 1 unspecified atom stereocenters. The molecule has 0 bridgehead atoms. The third kappa shape index (κ3) is 2.83. The Morgan fingerprint density at radius 2 is 1.79 bits per heavy atom. The van der Waals surface area contributed by atoms with Crippen LogP contribution in [0.25, 0.3) is 0 Å². The zero-order valence-electron chi connectivity index (χ0n) is 10.7. The van der Waals surface area contributed by atoms with Crippen molar-refractivity contribution in [1.29, 1.82) is 0 Å². The quantitative estimate of drug-likeness (QED) is 0.840. The van der Waals surface area contributed by atoms with Gasteiger partial charge in [-0.15, -0.1) is 0 Å². The summed E-state index contributed by atoms with van der Waals surface area (Å²) in [5, 5.41) is 3.79. The number of hydrogen-bond acceptors (Lipinski definition) is 1. The van der Waals surface area contributed by atoms with Gasteiger partial charge in [0.05, 0.1) is 10.5 Å². The largest absolute Gasteiger partial charge is 0.309 e. The van der Waals surface area contributed by atoms with Gasteiger partial charge >= 0.3 is 0 Å². The SMILES string of the molecule is CNC(c1cccc(Br)c1F)c1cccc(C)c1Cl. The van der Waals surface area contributed by atoms with Gasteiger partial charge in [-0.3, -0.25) is 0 Å². The Balaban J connectivity index is 2.57. The molecule has 2 aromatic carbocycles. The number of aryl methyl sites for hydroxylation is 1. The van der Waals surface area contributed by atoms with Crippen LogP contribution in [-0.2, 0) is 0 Å². The summed E-state index contributed by atoms with van der Waals surface area (Å²) >= 11 is 9.55. The average molecular weight is 343 g/mol. The summed E-state index contributed by atoms with van der Waals surface area (Å²) < 4.78 is 14.7. The molecule has 0 heterocycles. The van der Waals surface area contributed by atoms with Crippen molar-refractivity contribution in [1.82, 2.24) is 5.32 Å². The summed E-state index contributed by atoms with van der Waals surface area (Å²) in [4.78, 5) is 0. The third-order valence-corrected chi connectivity index (χ3v) is 4.24. The second kappa shape index (κ2) is 6.04. The minimum atomic E-state index is -0.273. The summed E-state index contributed by atoms with van der Waals surface area (Å²) in [5.74, 6) is -0.264. The highest BCUT2D eigenvalue weighted by atomic mass is 79.9. The molecule has 1 atom stereocenters. The molecule has 0 aromatic heterocycles. The fraction of sp³-hybridized carbons (Fsp3) is 0.200. The lowest BCUT2D eigenvalue weighted by atomic mass is 9.97. The van der Waals surface area contributed by atoms with Gasteiger partial charge in [0.1, 0.15) is 5.82 Å². The Hall–Kier alpha value is -0.900. The third-order valence-electron chi connectivity index (χ3n) is 3.11. The van der Waals surface area contributed by atoms with Gasteiger partial charge in [-0.25, -0.2) is 4.39 Å². The minimum Gasteiger partial charge on any atom is -0.309 e. The molecule has 0 amide bonds. The summed E-state index contributed by atoms with van der Waals surface area (Å²) in [5.41, 5.74) is 2.43. The van der Waals surface area contributed by atoms with Gasteiger partial charge in [-0.2, -0.15) is 0 Å². The molecule has 4 heteroatoms. The van der Waals surface area contributed by atoms with E-state index < -0.39 is 0 Å². The summed E-state index contributed by atoms with van der Waals surface area (Å²) in [6, 6.07) is 10.8. The smallest absolute Gasteiger partial charge is 0.142 e. The molecule has 0 fully saturated rings. The lowest BCUT2D eigenvalue weighted by molar-refractivity contribution is 0.571. The predicted molar refractivity (Wildman–Crippen MR) is 81.2 cm³/mol. The maximum Gasteiger partial charge on any atom is 0.142 e. The standard InChI is InChI=1S/C15H14BrClFN/c1-9-5-3-6-10(13(9)17)15(19-2)11-7-4-8-12(16)14(11)18/h3-8,15,19H,1-2H3. The van der Waals surface area contributed by atoms with E-state index in [1.165, 1.54) is 0 Å². The van der Waals surface area contributed by atoms with Crippen LogP contribution in [-0.4, -0.2) is 7.05 Å². The van der Waals surface area contributed by atoms with Crippen molar-refractivity contribution in [3.05, 3.63) is 68.4 Å². The van der Waals surface area contributed by atoms with Gasteiger partial charge in [-0.1, -0.05) is 41.9 Å². The molecule has 19 heavy (non-hydrogen) atoms. The second-order valence-corrected chi connectivity index (χ2v) is 5.58. The fourth-order valence-electron chi connectivity index (χ4n) is 2.12. The first kappa shape index (κ1) is 14.5. The van der Waals surface area contributed by atoms with Crippen molar-refractivity contribution in [2.75, 3.05) is 7.05 Å². The van der Waals surface area contributed by atoms with E-state index in [0.29, 0.717) is 15.1 Å². The lowest BCUT2D eigenvalue weighted by Crippen LogP contribution is -2.19. The Bertz CT molecular complexity index is 549. The molecule has 100 valence electrons. The number of nitrogens with one attached hydrogen (secondary N) is 1. The molecule has 2 aromatic rings. The maximum absolute atomic E-state index is 14.2. The molecule has 0 aliphatic heterocycles. The van der Waals surface area contributed by atoms with Crippen LogP contribution >= 0.6 is 27.5 Å². The van der Waals surface area contributed by atoms with Crippen molar-refractivity contribution < 1.29 is 4.39 Å². The number of halogens is 3. The average Bonchev–Trinajstić information content (AvgIpc) is 2.40. The first-order chi connectivity index (χ1) is 9.06. The van der Waals surface area contributed by atoms with Crippen molar-refractivity contribution in [3.63, 3.8) is 0 Å². The van der Waals surface area contributed by atoms with Gasteiger partial charge in [0, 0.05) is 10.6 Å². The predicted octanol–water partition coefficient (Wildman–Crippen LogP) is 4.86. The molecule has 2 rings (SSSR count). The van der Waals surface area contributed by atoms with Gasteiger partial charge < -0.3 is 5.32 Å². The molecular formula is C15H14BrClFN. The van der Waals surface area contributed by atoms with Crippen LogP contribution in [0.1, 0.15) is 22.7 Å². The summed E-state index contributed by atoms with van der Waals surface area (Å²) in [7, 11) is 1.80. The Morgan fingerprint density at radius 1 is 1.16 bits per heavy atom. The zero-order valence-corrected chi connectivity index (χ0v) is 13.0.